The molecule has 0 radical (unpaired) electrons. The molecule has 7 heteroatoms. The first-order valence-corrected chi connectivity index (χ1v) is 8.53. The highest BCUT2D eigenvalue weighted by Crippen LogP contribution is 2.17. The number of aromatic nitrogens is 1. The Bertz CT molecular complexity index is 560. The van der Waals surface area contributed by atoms with Gasteiger partial charge in [0.05, 0.1) is 12.2 Å². The fourth-order valence-corrected chi connectivity index (χ4v) is 3.20. The summed E-state index contributed by atoms with van der Waals surface area (Å²) in [5, 5.41) is 11.8. The number of nitrogens with one attached hydrogen (secondary N) is 2. The van der Waals surface area contributed by atoms with Gasteiger partial charge in [-0.2, -0.15) is 0 Å². The number of hydrogen-bond acceptors (Lipinski definition) is 5. The highest BCUT2D eigenvalue weighted by atomic mass is 32.1. The predicted octanol–water partition coefficient (Wildman–Crippen LogP) is 2.18. The molecule has 0 atom stereocenters. The van der Waals surface area contributed by atoms with Gasteiger partial charge in [-0.25, -0.2) is 4.98 Å². The lowest BCUT2D eigenvalue weighted by Crippen LogP contribution is -2.37. The van der Waals surface area contributed by atoms with Gasteiger partial charge in [-0.05, 0) is 17.9 Å². The van der Waals surface area contributed by atoms with Gasteiger partial charge in [-0.3, -0.25) is 4.99 Å². The summed E-state index contributed by atoms with van der Waals surface area (Å²) in [6.45, 7) is 1.56. The van der Waals surface area contributed by atoms with E-state index in [-0.39, 0.29) is 0 Å². The maximum Gasteiger partial charge on any atom is 0.191 e. The van der Waals surface area contributed by atoms with Crippen molar-refractivity contribution in [2.45, 2.75) is 13.0 Å². The molecule has 0 unspecified atom stereocenters. The highest BCUT2D eigenvalue weighted by molar-refractivity contribution is 7.13. The van der Waals surface area contributed by atoms with Crippen molar-refractivity contribution in [3.8, 4) is 0 Å². The molecular formula is C14H21N5S2. The topological polar surface area (TPSA) is 52.6 Å². The summed E-state index contributed by atoms with van der Waals surface area (Å²) in [6, 6.07) is 4.23. The highest BCUT2D eigenvalue weighted by Gasteiger charge is 2.04. The molecule has 2 rings (SSSR count). The number of aliphatic imine (C=N–C) groups is 1. The molecule has 2 aromatic heterocycles. The Morgan fingerprint density at radius 1 is 1.33 bits per heavy atom. The van der Waals surface area contributed by atoms with Crippen LogP contribution in [0, 0.1) is 0 Å². The van der Waals surface area contributed by atoms with Gasteiger partial charge in [-0.1, -0.05) is 6.07 Å². The molecule has 0 saturated heterocycles. The molecule has 0 aliphatic rings. The Kier molecular flexibility index (Phi) is 6.01. The van der Waals surface area contributed by atoms with Crippen molar-refractivity contribution in [1.82, 2.24) is 15.6 Å². The summed E-state index contributed by atoms with van der Waals surface area (Å²) in [6.07, 6.45) is 1.01. The molecule has 0 bridgehead atoms. The van der Waals surface area contributed by atoms with Gasteiger partial charge in [0.25, 0.3) is 0 Å². The van der Waals surface area contributed by atoms with Crippen molar-refractivity contribution < 1.29 is 0 Å². The minimum atomic E-state index is 0.684. The Labute approximate surface area is 133 Å². The second-order valence-corrected chi connectivity index (χ2v) is 6.57. The maximum absolute atomic E-state index is 4.54. The molecule has 0 aliphatic heterocycles. The first kappa shape index (κ1) is 15.8. The van der Waals surface area contributed by atoms with Crippen molar-refractivity contribution in [2.75, 3.05) is 32.6 Å². The number of thiazole rings is 1. The van der Waals surface area contributed by atoms with Crippen molar-refractivity contribution in [3.63, 3.8) is 0 Å². The standard InChI is InChI=1S/C14H21N5S2/c1-15-13(16-7-6-12-5-4-8-20-12)17-9-11-10-21-14(18-11)19(2)3/h4-5,8,10H,6-7,9H2,1-3H3,(H2,15,16,17). The van der Waals surface area contributed by atoms with E-state index in [4.69, 9.17) is 0 Å². The van der Waals surface area contributed by atoms with Gasteiger partial charge in [-0.15, -0.1) is 22.7 Å². The third kappa shape index (κ3) is 5.02. The van der Waals surface area contributed by atoms with Gasteiger partial charge in [0.15, 0.2) is 11.1 Å². The zero-order chi connectivity index (χ0) is 15.1. The summed E-state index contributed by atoms with van der Waals surface area (Å²) in [5.41, 5.74) is 1.03. The van der Waals surface area contributed by atoms with E-state index in [9.17, 15) is 0 Å². The monoisotopic (exact) mass is 323 g/mol. The zero-order valence-electron chi connectivity index (χ0n) is 12.6. The van der Waals surface area contributed by atoms with Crippen LogP contribution in [-0.2, 0) is 13.0 Å². The van der Waals surface area contributed by atoms with E-state index >= 15 is 0 Å². The zero-order valence-corrected chi connectivity index (χ0v) is 14.2. The summed E-state index contributed by atoms with van der Waals surface area (Å²) in [5.74, 6) is 0.811. The molecule has 0 fully saturated rings. The molecule has 0 spiro atoms. The lowest BCUT2D eigenvalue weighted by atomic mass is 10.3. The summed E-state index contributed by atoms with van der Waals surface area (Å²) < 4.78 is 0. The van der Waals surface area contributed by atoms with Crippen LogP contribution in [0.4, 0.5) is 5.13 Å². The molecule has 2 N–H and O–H groups in total. The van der Waals surface area contributed by atoms with Crippen molar-refractivity contribution in [1.29, 1.82) is 0 Å². The van der Waals surface area contributed by atoms with Crippen LogP contribution in [0.1, 0.15) is 10.6 Å². The van der Waals surface area contributed by atoms with Crippen molar-refractivity contribution >= 4 is 33.8 Å². The van der Waals surface area contributed by atoms with Crippen LogP contribution in [0.2, 0.25) is 0 Å². The van der Waals surface area contributed by atoms with E-state index in [0.717, 1.165) is 29.8 Å². The first-order valence-electron chi connectivity index (χ1n) is 6.77. The molecule has 2 heterocycles. The van der Waals surface area contributed by atoms with E-state index in [1.807, 2.05) is 19.0 Å². The largest absolute Gasteiger partial charge is 0.356 e. The second-order valence-electron chi connectivity index (χ2n) is 4.70. The minimum Gasteiger partial charge on any atom is -0.356 e. The SMILES string of the molecule is CN=C(NCCc1cccs1)NCc1csc(N(C)C)n1. The predicted molar refractivity (Wildman–Crippen MR) is 92.7 cm³/mol. The summed E-state index contributed by atoms with van der Waals surface area (Å²) in [4.78, 5) is 12.2. The number of thiophene rings is 1. The van der Waals surface area contributed by atoms with E-state index in [1.165, 1.54) is 4.88 Å². The number of guanidine groups is 1. The lowest BCUT2D eigenvalue weighted by Gasteiger charge is -2.10. The van der Waals surface area contributed by atoms with Crippen LogP contribution in [-0.4, -0.2) is 38.6 Å². The fraction of sp³-hybridized carbons (Fsp3) is 0.429. The molecular weight excluding hydrogens is 302 g/mol. The van der Waals surface area contributed by atoms with Crippen LogP contribution in [0.5, 0.6) is 0 Å². The van der Waals surface area contributed by atoms with Gasteiger partial charge in [0, 0.05) is 37.9 Å². The average molecular weight is 323 g/mol. The van der Waals surface area contributed by atoms with Crippen LogP contribution in [0.3, 0.4) is 0 Å². The van der Waals surface area contributed by atoms with Crippen LogP contribution >= 0.6 is 22.7 Å². The molecule has 114 valence electrons. The molecule has 0 aliphatic carbocycles. The molecule has 0 amide bonds. The van der Waals surface area contributed by atoms with E-state index in [1.54, 1.807) is 29.7 Å². The van der Waals surface area contributed by atoms with E-state index in [0.29, 0.717) is 6.54 Å². The van der Waals surface area contributed by atoms with Crippen molar-refractivity contribution in [3.05, 3.63) is 33.5 Å². The van der Waals surface area contributed by atoms with Crippen LogP contribution in [0.25, 0.3) is 0 Å². The average Bonchev–Trinajstić information content (AvgIpc) is 3.13. The third-order valence-electron chi connectivity index (χ3n) is 2.83. The van der Waals surface area contributed by atoms with Crippen LogP contribution in [0.15, 0.2) is 27.9 Å². The molecule has 5 nitrogen and oxygen atoms in total. The Morgan fingerprint density at radius 3 is 2.81 bits per heavy atom. The first-order chi connectivity index (χ1) is 10.2. The molecule has 0 aromatic carbocycles. The quantitative estimate of drug-likeness (QED) is 0.632. The van der Waals surface area contributed by atoms with E-state index < -0.39 is 0 Å². The Balaban J connectivity index is 1.74. The number of rotatable bonds is 6. The molecule has 0 saturated carbocycles. The fourth-order valence-electron chi connectivity index (χ4n) is 1.74. The molecule has 2 aromatic rings. The minimum absolute atomic E-state index is 0.684. The lowest BCUT2D eigenvalue weighted by molar-refractivity contribution is 0.789. The van der Waals surface area contributed by atoms with Gasteiger partial charge >= 0.3 is 0 Å². The van der Waals surface area contributed by atoms with Crippen molar-refractivity contribution in [2.24, 2.45) is 4.99 Å². The summed E-state index contributed by atoms with van der Waals surface area (Å²) in [7, 11) is 5.79. The second kappa shape index (κ2) is 7.99. The Morgan fingerprint density at radius 2 is 2.19 bits per heavy atom. The van der Waals surface area contributed by atoms with Gasteiger partial charge < -0.3 is 15.5 Å². The number of nitrogens with zero attached hydrogens (tertiary/aromatic N) is 3. The summed E-state index contributed by atoms with van der Waals surface area (Å²) >= 11 is 3.43. The number of hydrogen-bond donors (Lipinski definition) is 2. The van der Waals surface area contributed by atoms with Crippen LogP contribution < -0.4 is 15.5 Å². The Hall–Kier alpha value is -1.60. The smallest absolute Gasteiger partial charge is 0.191 e. The normalized spacial score (nSPS) is 11.5. The van der Waals surface area contributed by atoms with Gasteiger partial charge in [0.2, 0.25) is 0 Å². The molecule has 21 heavy (non-hydrogen) atoms. The number of anilines is 1. The third-order valence-corrected chi connectivity index (χ3v) is 4.82. The maximum atomic E-state index is 4.54. The van der Waals surface area contributed by atoms with Gasteiger partial charge in [0.1, 0.15) is 0 Å². The van der Waals surface area contributed by atoms with E-state index in [2.05, 4.69) is 43.5 Å².